The van der Waals surface area contributed by atoms with Gasteiger partial charge in [-0.25, -0.2) is 0 Å². The topological polar surface area (TPSA) is 35.5 Å². The molecule has 0 aromatic heterocycles. The van der Waals surface area contributed by atoms with Crippen LogP contribution in [-0.2, 0) is 14.3 Å². The summed E-state index contributed by atoms with van der Waals surface area (Å²) in [7, 11) is 0. The molecule has 0 radical (unpaired) electrons. The van der Waals surface area contributed by atoms with E-state index in [4.69, 9.17) is 9.47 Å². The van der Waals surface area contributed by atoms with Crippen molar-refractivity contribution in [3.05, 3.63) is 0 Å². The van der Waals surface area contributed by atoms with Gasteiger partial charge in [-0.05, 0) is 31.3 Å². The van der Waals surface area contributed by atoms with Crippen molar-refractivity contribution in [1.29, 1.82) is 0 Å². The van der Waals surface area contributed by atoms with Crippen LogP contribution in [-0.4, -0.2) is 36.3 Å². The maximum Gasteiger partial charge on any atom is 0.163 e. The highest BCUT2D eigenvalue weighted by Gasteiger charge is 2.42. The summed E-state index contributed by atoms with van der Waals surface area (Å²) in [6, 6.07) is 0. The lowest BCUT2D eigenvalue weighted by Gasteiger charge is -2.24. The lowest BCUT2D eigenvalue weighted by Crippen LogP contribution is -2.31. The number of hydrogen-bond acceptors (Lipinski definition) is 4. The Hall–Kier alpha value is -0.0600. The van der Waals surface area contributed by atoms with Gasteiger partial charge in [0.15, 0.2) is 5.79 Å². The highest BCUT2D eigenvalue weighted by atomic mass is 32.2. The Morgan fingerprint density at radius 3 is 2.87 bits per heavy atom. The van der Waals surface area contributed by atoms with Crippen molar-refractivity contribution in [3.63, 3.8) is 0 Å². The maximum atomic E-state index is 10.6. The van der Waals surface area contributed by atoms with Gasteiger partial charge in [-0.3, -0.25) is 0 Å². The van der Waals surface area contributed by atoms with Gasteiger partial charge in [0, 0.05) is 12.3 Å². The Morgan fingerprint density at radius 2 is 2.27 bits per heavy atom. The van der Waals surface area contributed by atoms with Gasteiger partial charge in [-0.2, -0.15) is 11.8 Å². The van der Waals surface area contributed by atoms with E-state index < -0.39 is 5.79 Å². The normalized spacial score (nSPS) is 39.5. The molecule has 2 rings (SSSR count). The third-order valence-corrected chi connectivity index (χ3v) is 4.44. The molecule has 0 aromatic rings. The van der Waals surface area contributed by atoms with E-state index in [1.54, 1.807) is 0 Å². The van der Waals surface area contributed by atoms with Crippen molar-refractivity contribution in [1.82, 2.24) is 0 Å². The molecular formula is C11H18O3S. The van der Waals surface area contributed by atoms with Crippen molar-refractivity contribution in [3.8, 4) is 0 Å². The van der Waals surface area contributed by atoms with Crippen molar-refractivity contribution in [2.45, 2.75) is 32.2 Å². The Kier molecular flexibility index (Phi) is 3.38. The molecule has 1 unspecified atom stereocenters. The van der Waals surface area contributed by atoms with Gasteiger partial charge in [-0.15, -0.1) is 0 Å². The quantitative estimate of drug-likeness (QED) is 0.691. The number of carbonyl (C=O) groups is 1. The molecule has 0 N–H and O–H groups in total. The summed E-state index contributed by atoms with van der Waals surface area (Å²) in [4.78, 5) is 10.6. The highest BCUT2D eigenvalue weighted by Crippen LogP contribution is 2.39. The second-order valence-electron chi connectivity index (χ2n) is 4.73. The molecule has 0 spiro atoms. The zero-order valence-corrected chi connectivity index (χ0v) is 10.1. The van der Waals surface area contributed by atoms with E-state index in [9.17, 15) is 4.79 Å². The first-order chi connectivity index (χ1) is 7.12. The molecule has 0 amide bonds. The van der Waals surface area contributed by atoms with Crippen LogP contribution in [0.1, 0.15) is 20.3 Å². The second kappa shape index (κ2) is 4.44. The Balaban J connectivity index is 1.95. The van der Waals surface area contributed by atoms with Crippen LogP contribution in [0.25, 0.3) is 0 Å². The predicted octanol–water partition coefficient (Wildman–Crippen LogP) is 1.71. The fraction of sp³-hybridized carbons (Fsp3) is 0.909. The fourth-order valence-corrected chi connectivity index (χ4v) is 3.90. The minimum absolute atomic E-state index is 0.181. The molecule has 0 aromatic carbocycles. The van der Waals surface area contributed by atoms with Crippen molar-refractivity contribution >= 4 is 18.0 Å². The number of aldehydes is 1. The van der Waals surface area contributed by atoms with E-state index in [1.165, 1.54) is 0 Å². The van der Waals surface area contributed by atoms with E-state index >= 15 is 0 Å². The zero-order chi connectivity index (χ0) is 10.9. The van der Waals surface area contributed by atoms with Gasteiger partial charge in [0.1, 0.15) is 6.29 Å². The van der Waals surface area contributed by atoms with Gasteiger partial charge in [-0.1, -0.05) is 0 Å². The molecule has 3 nitrogen and oxygen atoms in total. The average molecular weight is 230 g/mol. The largest absolute Gasteiger partial charge is 0.348 e. The standard InChI is InChI=1S/C11H18O3S/c1-11(2)13-5-10(14-11)9-7-15-6-8(9)3-4-12/h4,8-10H,3,5-7H2,1-2H3/t8-,9-,10?/m1/s1. The Labute approximate surface area is 94.9 Å². The molecule has 0 saturated carbocycles. The lowest BCUT2D eigenvalue weighted by molar-refractivity contribution is -0.145. The number of carbonyl (C=O) groups excluding carboxylic acids is 1. The molecular weight excluding hydrogens is 212 g/mol. The van der Waals surface area contributed by atoms with Crippen molar-refractivity contribution in [2.75, 3.05) is 18.1 Å². The molecule has 2 aliphatic rings. The molecule has 2 heterocycles. The van der Waals surface area contributed by atoms with Crippen LogP contribution in [0.3, 0.4) is 0 Å². The van der Waals surface area contributed by atoms with Gasteiger partial charge in [0.25, 0.3) is 0 Å². The fourth-order valence-electron chi connectivity index (χ4n) is 2.32. The third kappa shape index (κ3) is 2.55. The van der Waals surface area contributed by atoms with Gasteiger partial charge >= 0.3 is 0 Å². The summed E-state index contributed by atoms with van der Waals surface area (Å²) < 4.78 is 11.4. The molecule has 0 aliphatic carbocycles. The molecule has 2 fully saturated rings. The van der Waals surface area contributed by atoms with Gasteiger partial charge in [0.05, 0.1) is 12.7 Å². The molecule has 0 bridgehead atoms. The smallest absolute Gasteiger partial charge is 0.163 e. The lowest BCUT2D eigenvalue weighted by atomic mass is 9.89. The molecule has 4 heteroatoms. The van der Waals surface area contributed by atoms with E-state index in [2.05, 4.69) is 0 Å². The Morgan fingerprint density at radius 1 is 1.47 bits per heavy atom. The number of thioether (sulfide) groups is 1. The number of hydrogen-bond donors (Lipinski definition) is 0. The highest BCUT2D eigenvalue weighted by molar-refractivity contribution is 7.99. The first kappa shape index (κ1) is 11.4. The van der Waals surface area contributed by atoms with Crippen LogP contribution < -0.4 is 0 Å². The van der Waals surface area contributed by atoms with Crippen LogP contribution in [0, 0.1) is 11.8 Å². The molecule has 86 valence electrons. The molecule has 2 saturated heterocycles. The van der Waals surface area contributed by atoms with Gasteiger partial charge in [0.2, 0.25) is 0 Å². The van der Waals surface area contributed by atoms with E-state index in [1.807, 2.05) is 25.6 Å². The van der Waals surface area contributed by atoms with Gasteiger partial charge < -0.3 is 14.3 Å². The summed E-state index contributed by atoms with van der Waals surface area (Å²) in [5.41, 5.74) is 0. The van der Waals surface area contributed by atoms with Crippen LogP contribution in [0.15, 0.2) is 0 Å². The summed E-state index contributed by atoms with van der Waals surface area (Å²) in [5.74, 6) is 2.72. The maximum absolute atomic E-state index is 10.6. The van der Waals surface area contributed by atoms with Crippen LogP contribution in [0.5, 0.6) is 0 Å². The molecule has 3 atom stereocenters. The third-order valence-electron chi connectivity index (χ3n) is 3.15. The molecule has 2 aliphatic heterocycles. The molecule has 15 heavy (non-hydrogen) atoms. The van der Waals surface area contributed by atoms with Crippen LogP contribution >= 0.6 is 11.8 Å². The van der Waals surface area contributed by atoms with E-state index in [0.717, 1.165) is 17.8 Å². The minimum Gasteiger partial charge on any atom is -0.348 e. The summed E-state index contributed by atoms with van der Waals surface area (Å²) in [6.45, 7) is 4.57. The van der Waals surface area contributed by atoms with E-state index in [-0.39, 0.29) is 6.10 Å². The summed E-state index contributed by atoms with van der Waals surface area (Å²) >= 11 is 1.92. The van der Waals surface area contributed by atoms with Crippen LogP contribution in [0.2, 0.25) is 0 Å². The second-order valence-corrected chi connectivity index (χ2v) is 5.81. The number of ether oxygens (including phenoxy) is 2. The van der Waals surface area contributed by atoms with Crippen LogP contribution in [0.4, 0.5) is 0 Å². The van der Waals surface area contributed by atoms with Crippen molar-refractivity contribution < 1.29 is 14.3 Å². The van der Waals surface area contributed by atoms with Crippen molar-refractivity contribution in [2.24, 2.45) is 11.8 Å². The predicted molar refractivity (Wildman–Crippen MR) is 59.9 cm³/mol. The first-order valence-corrected chi connectivity index (χ1v) is 6.61. The SMILES string of the molecule is CC1(C)OCC([C@@H]2CSC[C@H]2CC=O)O1. The minimum atomic E-state index is -0.441. The Bertz CT molecular complexity index is 242. The monoisotopic (exact) mass is 230 g/mol. The summed E-state index contributed by atoms with van der Waals surface area (Å²) in [6.07, 6.45) is 1.88. The average Bonchev–Trinajstić information content (AvgIpc) is 2.72. The van der Waals surface area contributed by atoms with E-state index in [0.29, 0.717) is 24.9 Å². The summed E-state index contributed by atoms with van der Waals surface area (Å²) in [5, 5.41) is 0. The zero-order valence-electron chi connectivity index (χ0n) is 9.27. The first-order valence-electron chi connectivity index (χ1n) is 5.45. The number of rotatable bonds is 3.